The molecule has 1 N–H and O–H groups in total. The van der Waals surface area contributed by atoms with Crippen molar-refractivity contribution in [3.8, 4) is 11.5 Å². The van der Waals surface area contributed by atoms with Crippen LogP contribution in [0.2, 0.25) is 0 Å². The van der Waals surface area contributed by atoms with E-state index in [0.29, 0.717) is 29.2 Å². The standard InChI is InChI=1S/C28H27NO6/c1-33-15-14-29-25(20-10-6-13-23(16-20)35-18-19-8-4-3-5-9-19)24(27(31)28(29)32)26(30)21-11-7-12-22(17-21)34-2/h3-13,16-17,25,30H,14-15,18H2,1-2H3/b26-24-. The van der Waals surface area contributed by atoms with Crippen LogP contribution in [-0.2, 0) is 20.9 Å². The van der Waals surface area contributed by atoms with Crippen LogP contribution < -0.4 is 9.47 Å². The molecule has 1 atom stereocenters. The maximum absolute atomic E-state index is 13.1. The fraction of sp³-hybridized carbons (Fsp3) is 0.214. The Labute approximate surface area is 204 Å². The predicted molar refractivity (Wildman–Crippen MR) is 131 cm³/mol. The van der Waals surface area contributed by atoms with Gasteiger partial charge in [0, 0.05) is 19.2 Å². The number of nitrogens with zero attached hydrogens (tertiary/aromatic N) is 1. The summed E-state index contributed by atoms with van der Waals surface area (Å²) < 4.78 is 16.4. The summed E-state index contributed by atoms with van der Waals surface area (Å²) >= 11 is 0. The number of carbonyl (C=O) groups is 2. The summed E-state index contributed by atoms with van der Waals surface area (Å²) in [6.07, 6.45) is 0. The van der Waals surface area contributed by atoms with E-state index in [0.717, 1.165) is 5.56 Å². The zero-order valence-corrected chi connectivity index (χ0v) is 19.6. The van der Waals surface area contributed by atoms with Gasteiger partial charge in [0.15, 0.2) is 0 Å². The molecule has 0 saturated carbocycles. The van der Waals surface area contributed by atoms with Gasteiger partial charge in [-0.3, -0.25) is 9.59 Å². The molecule has 0 aromatic heterocycles. The lowest BCUT2D eigenvalue weighted by molar-refractivity contribution is -0.140. The van der Waals surface area contributed by atoms with Crippen LogP contribution in [0.1, 0.15) is 22.7 Å². The monoisotopic (exact) mass is 473 g/mol. The van der Waals surface area contributed by atoms with Gasteiger partial charge in [-0.15, -0.1) is 0 Å². The molecule has 7 nitrogen and oxygen atoms in total. The van der Waals surface area contributed by atoms with Gasteiger partial charge in [0.1, 0.15) is 23.9 Å². The summed E-state index contributed by atoms with van der Waals surface area (Å²) in [5, 5.41) is 11.2. The SMILES string of the molecule is COCCN1C(=O)C(=O)/C(=C(\O)c2cccc(OC)c2)C1c1cccc(OCc2ccccc2)c1. The zero-order valence-electron chi connectivity index (χ0n) is 19.6. The largest absolute Gasteiger partial charge is 0.507 e. The van der Waals surface area contributed by atoms with Crippen molar-refractivity contribution in [3.63, 3.8) is 0 Å². The number of amides is 1. The van der Waals surface area contributed by atoms with E-state index in [1.807, 2.05) is 42.5 Å². The third kappa shape index (κ3) is 5.20. The van der Waals surface area contributed by atoms with Crippen molar-refractivity contribution < 1.29 is 28.9 Å². The van der Waals surface area contributed by atoms with Gasteiger partial charge in [-0.1, -0.05) is 54.6 Å². The number of rotatable bonds is 9. The molecule has 1 fully saturated rings. The van der Waals surface area contributed by atoms with E-state index in [-0.39, 0.29) is 24.5 Å². The van der Waals surface area contributed by atoms with Crippen molar-refractivity contribution in [2.24, 2.45) is 0 Å². The molecular weight excluding hydrogens is 446 g/mol. The van der Waals surface area contributed by atoms with Crippen molar-refractivity contribution in [2.45, 2.75) is 12.6 Å². The van der Waals surface area contributed by atoms with E-state index < -0.39 is 17.7 Å². The van der Waals surface area contributed by atoms with Crippen LogP contribution in [0.25, 0.3) is 5.76 Å². The smallest absolute Gasteiger partial charge is 0.295 e. The molecule has 1 aliphatic rings. The molecule has 35 heavy (non-hydrogen) atoms. The number of methoxy groups -OCH3 is 2. The fourth-order valence-corrected chi connectivity index (χ4v) is 4.09. The summed E-state index contributed by atoms with van der Waals surface area (Å²) in [6, 6.07) is 22.9. The highest BCUT2D eigenvalue weighted by molar-refractivity contribution is 6.46. The lowest BCUT2D eigenvalue weighted by Crippen LogP contribution is -2.32. The highest BCUT2D eigenvalue weighted by Gasteiger charge is 2.46. The first kappa shape index (κ1) is 24.0. The maximum Gasteiger partial charge on any atom is 0.295 e. The first-order chi connectivity index (χ1) is 17.0. The molecule has 1 saturated heterocycles. The lowest BCUT2D eigenvalue weighted by Gasteiger charge is -2.25. The molecule has 0 bridgehead atoms. The van der Waals surface area contributed by atoms with Gasteiger partial charge in [-0.05, 0) is 35.4 Å². The number of aliphatic hydroxyl groups is 1. The number of ketones is 1. The molecule has 0 radical (unpaired) electrons. The van der Waals surface area contributed by atoms with Crippen LogP contribution in [0.5, 0.6) is 11.5 Å². The zero-order chi connectivity index (χ0) is 24.8. The average Bonchev–Trinajstić information content (AvgIpc) is 3.16. The van der Waals surface area contributed by atoms with E-state index >= 15 is 0 Å². The minimum absolute atomic E-state index is 0.0135. The Hall–Kier alpha value is -4.10. The molecule has 4 rings (SSSR count). The van der Waals surface area contributed by atoms with E-state index in [4.69, 9.17) is 14.2 Å². The molecular formula is C28H27NO6. The number of ether oxygens (including phenoxy) is 3. The van der Waals surface area contributed by atoms with Gasteiger partial charge in [-0.2, -0.15) is 0 Å². The quantitative estimate of drug-likeness (QED) is 0.283. The van der Waals surface area contributed by atoms with Crippen molar-refractivity contribution in [1.82, 2.24) is 4.90 Å². The Morgan fingerprint density at radius 3 is 2.40 bits per heavy atom. The topological polar surface area (TPSA) is 85.3 Å². The highest BCUT2D eigenvalue weighted by Crippen LogP contribution is 2.40. The van der Waals surface area contributed by atoms with Crippen molar-refractivity contribution in [3.05, 3.63) is 101 Å². The molecule has 1 heterocycles. The van der Waals surface area contributed by atoms with Crippen LogP contribution >= 0.6 is 0 Å². The summed E-state index contributed by atoms with van der Waals surface area (Å²) in [4.78, 5) is 27.5. The Balaban J connectivity index is 1.74. The highest BCUT2D eigenvalue weighted by atomic mass is 16.5. The summed E-state index contributed by atoms with van der Waals surface area (Å²) in [5.74, 6) is -0.586. The van der Waals surface area contributed by atoms with Gasteiger partial charge in [-0.25, -0.2) is 0 Å². The first-order valence-electron chi connectivity index (χ1n) is 11.2. The van der Waals surface area contributed by atoms with Crippen LogP contribution in [-0.4, -0.2) is 49.1 Å². The number of carbonyl (C=O) groups excluding carboxylic acids is 2. The van der Waals surface area contributed by atoms with Crippen LogP contribution in [0, 0.1) is 0 Å². The predicted octanol–water partition coefficient (Wildman–Crippen LogP) is 4.34. The number of likely N-dealkylation sites (tertiary alicyclic amines) is 1. The molecule has 180 valence electrons. The van der Waals surface area contributed by atoms with Crippen LogP contribution in [0.15, 0.2) is 84.4 Å². The number of Topliss-reactive ketones (excluding diaryl/α,β-unsaturated/α-hetero) is 1. The normalized spacial score (nSPS) is 17.0. The third-order valence-electron chi connectivity index (χ3n) is 5.84. The average molecular weight is 474 g/mol. The number of hydrogen-bond acceptors (Lipinski definition) is 6. The van der Waals surface area contributed by atoms with Gasteiger partial charge >= 0.3 is 0 Å². The Kier molecular flexibility index (Phi) is 7.48. The minimum atomic E-state index is -0.795. The van der Waals surface area contributed by atoms with Crippen molar-refractivity contribution in [1.29, 1.82) is 0 Å². The van der Waals surface area contributed by atoms with Crippen molar-refractivity contribution in [2.75, 3.05) is 27.4 Å². The van der Waals surface area contributed by atoms with E-state index in [1.54, 1.807) is 36.4 Å². The maximum atomic E-state index is 13.1. The van der Waals surface area contributed by atoms with E-state index in [2.05, 4.69) is 0 Å². The van der Waals surface area contributed by atoms with Gasteiger partial charge < -0.3 is 24.2 Å². The van der Waals surface area contributed by atoms with Crippen LogP contribution in [0.4, 0.5) is 0 Å². The van der Waals surface area contributed by atoms with E-state index in [9.17, 15) is 14.7 Å². The Bertz CT molecular complexity index is 1240. The van der Waals surface area contributed by atoms with E-state index in [1.165, 1.54) is 19.1 Å². The second-order valence-corrected chi connectivity index (χ2v) is 8.06. The fourth-order valence-electron chi connectivity index (χ4n) is 4.09. The lowest BCUT2D eigenvalue weighted by atomic mass is 9.95. The molecule has 1 aliphatic heterocycles. The number of hydrogen-bond donors (Lipinski definition) is 1. The molecule has 1 amide bonds. The second kappa shape index (κ2) is 10.9. The summed E-state index contributed by atoms with van der Waals surface area (Å²) in [7, 11) is 3.05. The molecule has 0 aliphatic carbocycles. The summed E-state index contributed by atoms with van der Waals surface area (Å²) in [5.41, 5.74) is 2.06. The number of aliphatic hydroxyl groups excluding tert-OH is 1. The molecule has 7 heteroatoms. The van der Waals surface area contributed by atoms with Crippen molar-refractivity contribution >= 4 is 17.4 Å². The molecule has 3 aromatic carbocycles. The third-order valence-corrected chi connectivity index (χ3v) is 5.84. The number of benzene rings is 3. The Morgan fingerprint density at radius 2 is 1.66 bits per heavy atom. The van der Waals surface area contributed by atoms with Gasteiger partial charge in [0.2, 0.25) is 0 Å². The van der Waals surface area contributed by atoms with Crippen LogP contribution in [0.3, 0.4) is 0 Å². The molecule has 3 aromatic rings. The summed E-state index contributed by atoms with van der Waals surface area (Å²) in [6.45, 7) is 0.806. The molecule has 0 spiro atoms. The van der Waals surface area contributed by atoms with Gasteiger partial charge in [0.25, 0.3) is 11.7 Å². The molecule has 1 unspecified atom stereocenters. The minimum Gasteiger partial charge on any atom is -0.507 e. The van der Waals surface area contributed by atoms with Gasteiger partial charge in [0.05, 0.1) is 25.3 Å². The first-order valence-corrected chi connectivity index (χ1v) is 11.2. The Morgan fingerprint density at radius 1 is 0.914 bits per heavy atom. The second-order valence-electron chi connectivity index (χ2n) is 8.06.